The number of fused-ring (bicyclic) bond motifs is 1. The van der Waals surface area contributed by atoms with Gasteiger partial charge in [0.25, 0.3) is 5.69 Å². The standard InChI is InChI=1S/C21H15N3O5S/c1-2-29-21(26)18-16-12-17(19(25)13-6-4-3-5-7-13)30-20(16)23(22-18)14-8-10-15(11-9-14)24(27)28/h3-12H,2H2,1H3. The van der Waals surface area contributed by atoms with Crippen molar-refractivity contribution < 1.29 is 19.2 Å². The van der Waals surface area contributed by atoms with E-state index in [1.807, 2.05) is 6.07 Å². The molecule has 0 saturated heterocycles. The number of carbonyl (C=O) groups is 2. The van der Waals surface area contributed by atoms with Crippen LogP contribution in [0.15, 0.2) is 60.7 Å². The van der Waals surface area contributed by atoms with Crippen molar-refractivity contribution in [3.8, 4) is 5.69 Å². The van der Waals surface area contributed by atoms with Crippen LogP contribution in [-0.4, -0.2) is 33.1 Å². The van der Waals surface area contributed by atoms with Crippen molar-refractivity contribution in [1.82, 2.24) is 9.78 Å². The zero-order chi connectivity index (χ0) is 21.3. The summed E-state index contributed by atoms with van der Waals surface area (Å²) >= 11 is 1.20. The molecule has 0 atom stereocenters. The third-order valence-electron chi connectivity index (χ3n) is 4.39. The van der Waals surface area contributed by atoms with E-state index in [1.165, 1.54) is 40.3 Å². The molecule has 0 saturated carbocycles. The number of ketones is 1. The van der Waals surface area contributed by atoms with Crippen molar-refractivity contribution >= 4 is 39.0 Å². The number of hydrogen-bond acceptors (Lipinski definition) is 7. The molecule has 0 spiro atoms. The van der Waals surface area contributed by atoms with E-state index >= 15 is 0 Å². The summed E-state index contributed by atoms with van der Waals surface area (Å²) in [5.41, 5.74) is 1.10. The Morgan fingerprint density at radius 3 is 2.47 bits per heavy atom. The zero-order valence-electron chi connectivity index (χ0n) is 15.8. The van der Waals surface area contributed by atoms with Gasteiger partial charge in [0.15, 0.2) is 5.69 Å². The van der Waals surface area contributed by atoms with Gasteiger partial charge in [-0.15, -0.1) is 11.3 Å². The van der Waals surface area contributed by atoms with Gasteiger partial charge in [0.05, 0.1) is 22.1 Å². The number of ether oxygens (including phenoxy) is 1. The molecular weight excluding hydrogens is 406 g/mol. The van der Waals surface area contributed by atoms with Crippen LogP contribution in [0.5, 0.6) is 0 Å². The molecule has 2 aromatic heterocycles. The van der Waals surface area contributed by atoms with E-state index in [9.17, 15) is 19.7 Å². The SMILES string of the molecule is CCOC(=O)c1nn(-c2ccc([N+](=O)[O-])cc2)c2sc(C(=O)c3ccccc3)cc12. The van der Waals surface area contributed by atoms with Crippen molar-refractivity contribution in [2.24, 2.45) is 0 Å². The number of carbonyl (C=O) groups excluding carboxylic acids is 2. The minimum Gasteiger partial charge on any atom is -0.461 e. The van der Waals surface area contributed by atoms with E-state index in [0.717, 1.165) is 0 Å². The molecule has 4 rings (SSSR count). The molecule has 2 aromatic carbocycles. The first-order chi connectivity index (χ1) is 14.5. The number of nitro benzene ring substituents is 1. The highest BCUT2D eigenvalue weighted by atomic mass is 32.1. The average molecular weight is 421 g/mol. The van der Waals surface area contributed by atoms with Crippen molar-refractivity contribution in [1.29, 1.82) is 0 Å². The van der Waals surface area contributed by atoms with Gasteiger partial charge in [-0.3, -0.25) is 14.9 Å². The molecule has 0 bridgehead atoms. The Balaban J connectivity index is 1.85. The highest BCUT2D eigenvalue weighted by molar-refractivity contribution is 7.20. The van der Waals surface area contributed by atoms with Gasteiger partial charge in [-0.2, -0.15) is 5.10 Å². The maximum absolute atomic E-state index is 12.9. The van der Waals surface area contributed by atoms with E-state index in [1.54, 1.807) is 37.3 Å². The van der Waals surface area contributed by atoms with Gasteiger partial charge in [-0.05, 0) is 25.1 Å². The van der Waals surface area contributed by atoms with Crippen LogP contribution in [0.4, 0.5) is 5.69 Å². The molecule has 0 unspecified atom stereocenters. The molecule has 0 aliphatic carbocycles. The second-order valence-electron chi connectivity index (χ2n) is 6.28. The Labute approximate surface area is 174 Å². The van der Waals surface area contributed by atoms with Crippen LogP contribution >= 0.6 is 11.3 Å². The molecule has 0 N–H and O–H groups in total. The fraction of sp³-hybridized carbons (Fsp3) is 0.0952. The third kappa shape index (κ3) is 3.46. The van der Waals surface area contributed by atoms with Gasteiger partial charge in [-0.1, -0.05) is 30.3 Å². The van der Waals surface area contributed by atoms with Crippen LogP contribution in [0.2, 0.25) is 0 Å². The topological polar surface area (TPSA) is 104 Å². The predicted octanol–water partition coefficient (Wildman–Crippen LogP) is 4.40. The number of benzene rings is 2. The fourth-order valence-corrected chi connectivity index (χ4v) is 4.09. The Bertz CT molecular complexity index is 1260. The Morgan fingerprint density at radius 1 is 1.13 bits per heavy atom. The third-order valence-corrected chi connectivity index (χ3v) is 5.50. The van der Waals surface area contributed by atoms with E-state index in [-0.39, 0.29) is 23.8 Å². The maximum Gasteiger partial charge on any atom is 0.359 e. The monoisotopic (exact) mass is 421 g/mol. The minimum absolute atomic E-state index is 0.0566. The lowest BCUT2D eigenvalue weighted by atomic mass is 10.1. The molecule has 4 aromatic rings. The van der Waals surface area contributed by atoms with Crippen molar-refractivity contribution in [3.05, 3.63) is 86.9 Å². The molecule has 0 aliphatic rings. The number of aromatic nitrogens is 2. The van der Waals surface area contributed by atoms with Gasteiger partial charge in [-0.25, -0.2) is 9.48 Å². The van der Waals surface area contributed by atoms with E-state index < -0.39 is 10.9 Å². The summed E-state index contributed by atoms with van der Waals surface area (Å²) < 4.78 is 6.60. The van der Waals surface area contributed by atoms with Crippen LogP contribution in [-0.2, 0) is 4.74 Å². The number of esters is 1. The van der Waals surface area contributed by atoms with Crippen LogP contribution in [0.1, 0.15) is 32.6 Å². The molecule has 0 radical (unpaired) electrons. The lowest BCUT2D eigenvalue weighted by molar-refractivity contribution is -0.384. The first-order valence-corrected chi connectivity index (χ1v) is 9.85. The van der Waals surface area contributed by atoms with E-state index in [2.05, 4.69) is 5.10 Å². The fourth-order valence-electron chi connectivity index (χ4n) is 2.99. The molecular formula is C21H15N3O5S. The van der Waals surface area contributed by atoms with Crippen LogP contribution < -0.4 is 0 Å². The normalized spacial score (nSPS) is 10.8. The number of nitro groups is 1. The summed E-state index contributed by atoms with van der Waals surface area (Å²) in [6.45, 7) is 1.88. The molecule has 150 valence electrons. The molecule has 2 heterocycles. The van der Waals surface area contributed by atoms with E-state index in [0.29, 0.717) is 26.3 Å². The maximum atomic E-state index is 12.9. The molecule has 0 aliphatic heterocycles. The highest BCUT2D eigenvalue weighted by Gasteiger charge is 2.24. The summed E-state index contributed by atoms with van der Waals surface area (Å²) in [6.07, 6.45) is 0. The lowest BCUT2D eigenvalue weighted by Gasteiger charge is -2.02. The summed E-state index contributed by atoms with van der Waals surface area (Å²) in [5, 5.41) is 15.8. The van der Waals surface area contributed by atoms with Gasteiger partial charge >= 0.3 is 5.97 Å². The first-order valence-electron chi connectivity index (χ1n) is 9.04. The van der Waals surface area contributed by atoms with Gasteiger partial charge in [0.1, 0.15) is 4.83 Å². The minimum atomic E-state index is -0.598. The summed E-state index contributed by atoms with van der Waals surface area (Å²) in [5.74, 6) is -0.762. The molecule has 8 nitrogen and oxygen atoms in total. The Hall–Kier alpha value is -3.85. The molecule has 0 fully saturated rings. The predicted molar refractivity (Wildman–Crippen MR) is 111 cm³/mol. The smallest absolute Gasteiger partial charge is 0.359 e. The number of non-ortho nitro benzene ring substituents is 1. The number of thiophene rings is 1. The summed E-state index contributed by atoms with van der Waals surface area (Å²) in [6, 6.07) is 16.3. The Morgan fingerprint density at radius 2 is 1.83 bits per heavy atom. The molecule has 9 heteroatoms. The first kappa shape index (κ1) is 19.5. The number of hydrogen-bond donors (Lipinski definition) is 0. The van der Waals surface area contributed by atoms with Crippen LogP contribution in [0, 0.1) is 10.1 Å². The zero-order valence-corrected chi connectivity index (χ0v) is 16.6. The largest absolute Gasteiger partial charge is 0.461 e. The van der Waals surface area contributed by atoms with Crippen LogP contribution in [0.3, 0.4) is 0 Å². The summed E-state index contributed by atoms with van der Waals surface area (Å²) in [4.78, 5) is 36.8. The van der Waals surface area contributed by atoms with Crippen molar-refractivity contribution in [3.63, 3.8) is 0 Å². The number of nitrogens with zero attached hydrogens (tertiary/aromatic N) is 3. The van der Waals surface area contributed by atoms with Gasteiger partial charge in [0.2, 0.25) is 5.78 Å². The second kappa shape index (κ2) is 7.88. The van der Waals surface area contributed by atoms with E-state index in [4.69, 9.17) is 4.74 Å². The quantitative estimate of drug-likeness (QED) is 0.198. The van der Waals surface area contributed by atoms with Crippen LogP contribution in [0.25, 0.3) is 15.9 Å². The van der Waals surface area contributed by atoms with Crippen molar-refractivity contribution in [2.75, 3.05) is 6.61 Å². The lowest BCUT2D eigenvalue weighted by Crippen LogP contribution is -2.07. The molecule has 0 amide bonds. The van der Waals surface area contributed by atoms with Gasteiger partial charge in [0, 0.05) is 23.1 Å². The second-order valence-corrected chi connectivity index (χ2v) is 7.31. The Kier molecular flexibility index (Phi) is 5.11. The average Bonchev–Trinajstić information content (AvgIpc) is 3.33. The van der Waals surface area contributed by atoms with Gasteiger partial charge < -0.3 is 4.74 Å². The number of rotatable bonds is 6. The molecule has 30 heavy (non-hydrogen) atoms. The van der Waals surface area contributed by atoms with Crippen molar-refractivity contribution in [2.45, 2.75) is 6.92 Å². The summed E-state index contributed by atoms with van der Waals surface area (Å²) in [7, 11) is 0. The highest BCUT2D eigenvalue weighted by Crippen LogP contribution is 2.32.